The van der Waals surface area contributed by atoms with Gasteiger partial charge in [-0.1, -0.05) is 0 Å². The smallest absolute Gasteiger partial charge is 0.157 e. The van der Waals surface area contributed by atoms with Gasteiger partial charge in [0.2, 0.25) is 0 Å². The first-order valence-corrected chi connectivity index (χ1v) is 9.86. The van der Waals surface area contributed by atoms with E-state index in [1.165, 1.54) is 0 Å². The van der Waals surface area contributed by atoms with Crippen LogP contribution in [0.3, 0.4) is 0 Å². The minimum Gasteiger partial charge on any atom is -0.365 e. The van der Waals surface area contributed by atoms with Gasteiger partial charge in [0.15, 0.2) is 5.65 Å². The molecule has 27 heavy (non-hydrogen) atoms. The molecule has 4 rings (SSSR count). The quantitative estimate of drug-likeness (QED) is 0.471. The van der Waals surface area contributed by atoms with Gasteiger partial charge in [-0.3, -0.25) is 9.38 Å². The van der Waals surface area contributed by atoms with E-state index in [4.69, 9.17) is 4.98 Å². The van der Waals surface area contributed by atoms with Gasteiger partial charge in [-0.05, 0) is 44.7 Å². The molecule has 0 atom stereocenters. The number of anilines is 1. The van der Waals surface area contributed by atoms with Crippen LogP contribution in [-0.4, -0.2) is 24.9 Å². The van der Waals surface area contributed by atoms with Crippen molar-refractivity contribution in [2.75, 3.05) is 5.32 Å². The molecule has 0 saturated carbocycles. The molecule has 0 saturated heterocycles. The van der Waals surface area contributed by atoms with Crippen LogP contribution in [0, 0.1) is 11.8 Å². The highest BCUT2D eigenvalue weighted by molar-refractivity contribution is 7.16. The molecule has 4 aromatic rings. The number of nitrogens with one attached hydrogen (secondary N) is 1. The summed E-state index contributed by atoms with van der Waals surface area (Å²) >= 11 is 3.18. The predicted molar refractivity (Wildman–Crippen MR) is 115 cm³/mol. The lowest BCUT2D eigenvalue weighted by molar-refractivity contribution is 0.629. The Labute approximate surface area is 171 Å². The van der Waals surface area contributed by atoms with E-state index in [0.717, 1.165) is 32.6 Å². The van der Waals surface area contributed by atoms with Gasteiger partial charge in [-0.25, -0.2) is 9.97 Å². The molecule has 0 spiro atoms. The Morgan fingerprint density at radius 2 is 2.04 bits per heavy atom. The van der Waals surface area contributed by atoms with Crippen molar-refractivity contribution in [2.45, 2.75) is 26.3 Å². The van der Waals surface area contributed by atoms with E-state index in [1.807, 2.05) is 22.0 Å². The Kier molecular flexibility index (Phi) is 5.51. The normalized spacial score (nSPS) is 10.9. The van der Waals surface area contributed by atoms with Crippen molar-refractivity contribution in [1.82, 2.24) is 19.4 Å². The first kappa shape index (κ1) is 19.4. The number of thiophene rings is 1. The molecule has 8 heteroatoms. The van der Waals surface area contributed by atoms with Crippen molar-refractivity contribution in [2.24, 2.45) is 0 Å². The van der Waals surface area contributed by atoms with Crippen molar-refractivity contribution in [3.8, 4) is 22.4 Å². The summed E-state index contributed by atoms with van der Waals surface area (Å²) in [5.74, 6) is 7.25. The van der Waals surface area contributed by atoms with Gasteiger partial charge in [-0.15, -0.1) is 35.1 Å². The second kappa shape index (κ2) is 7.69. The first-order chi connectivity index (χ1) is 12.5. The minimum absolute atomic E-state index is 0. The first-order valence-electron chi connectivity index (χ1n) is 8.10. The third-order valence-corrected chi connectivity index (χ3v) is 5.10. The number of hydrogen-bond donors (Lipinski definition) is 1. The van der Waals surface area contributed by atoms with Crippen LogP contribution in [0.2, 0.25) is 0 Å². The highest BCUT2D eigenvalue weighted by atomic mass is 35.5. The largest absolute Gasteiger partial charge is 0.365 e. The molecule has 1 N–H and O–H groups in total. The fourth-order valence-electron chi connectivity index (χ4n) is 2.49. The van der Waals surface area contributed by atoms with Crippen molar-refractivity contribution in [1.29, 1.82) is 0 Å². The van der Waals surface area contributed by atoms with Gasteiger partial charge in [0, 0.05) is 23.3 Å². The summed E-state index contributed by atoms with van der Waals surface area (Å²) in [6, 6.07) is 4.10. The molecule has 0 fully saturated rings. The highest BCUT2D eigenvalue weighted by Crippen LogP contribution is 2.34. The highest BCUT2D eigenvalue weighted by Gasteiger charge is 2.20. The van der Waals surface area contributed by atoms with Crippen LogP contribution in [0.5, 0.6) is 0 Å². The average molecular weight is 416 g/mol. The van der Waals surface area contributed by atoms with E-state index in [9.17, 15) is 0 Å². The van der Waals surface area contributed by atoms with E-state index in [2.05, 4.69) is 54.0 Å². The molecule has 138 valence electrons. The summed E-state index contributed by atoms with van der Waals surface area (Å²) < 4.78 is 2.04. The average Bonchev–Trinajstić information content (AvgIpc) is 3.32. The zero-order valence-corrected chi connectivity index (χ0v) is 17.5. The van der Waals surface area contributed by atoms with Gasteiger partial charge in [0.1, 0.15) is 17.2 Å². The summed E-state index contributed by atoms with van der Waals surface area (Å²) in [6.07, 6.45) is 5.47. The summed E-state index contributed by atoms with van der Waals surface area (Å²) in [5, 5.41) is 5.52. The maximum Gasteiger partial charge on any atom is 0.157 e. The van der Waals surface area contributed by atoms with Crippen LogP contribution in [-0.2, 0) is 0 Å². The molecule has 0 aliphatic carbocycles. The monoisotopic (exact) mass is 415 g/mol. The molecule has 4 heterocycles. The van der Waals surface area contributed by atoms with Crippen LogP contribution in [0.4, 0.5) is 5.82 Å². The summed E-state index contributed by atoms with van der Waals surface area (Å²) in [4.78, 5) is 15.2. The number of nitrogens with zero attached hydrogens (tertiary/aromatic N) is 4. The summed E-state index contributed by atoms with van der Waals surface area (Å²) in [7, 11) is 0. The maximum absolute atomic E-state index is 4.78. The van der Waals surface area contributed by atoms with Crippen molar-refractivity contribution in [3.63, 3.8) is 0 Å². The molecule has 0 radical (unpaired) electrons. The standard InChI is InChI=1S/C19H17N5S2.ClH/c1-19(2,3)23-18-17(22-16-10-20-8-9-24(16)18)15-7-6-14(26-15)5-4-13-11-25-12-21-13;/h6-12,23H,1-3H3;1H. The number of hydrogen-bond acceptors (Lipinski definition) is 6. The lowest BCUT2D eigenvalue weighted by Crippen LogP contribution is -2.27. The third-order valence-electron chi connectivity index (χ3n) is 3.51. The maximum atomic E-state index is 4.78. The molecule has 0 amide bonds. The number of aromatic nitrogens is 4. The summed E-state index contributed by atoms with van der Waals surface area (Å²) in [5.41, 5.74) is 4.24. The molecule has 0 bridgehead atoms. The predicted octanol–water partition coefficient (Wildman–Crippen LogP) is 4.95. The van der Waals surface area contributed by atoms with E-state index in [-0.39, 0.29) is 17.9 Å². The van der Waals surface area contributed by atoms with Crippen LogP contribution in [0.1, 0.15) is 31.3 Å². The molecule has 0 aliphatic heterocycles. The van der Waals surface area contributed by atoms with Gasteiger partial charge >= 0.3 is 0 Å². The lowest BCUT2D eigenvalue weighted by atomic mass is 10.1. The topological polar surface area (TPSA) is 55.1 Å². The second-order valence-corrected chi connectivity index (χ2v) is 8.58. The van der Waals surface area contributed by atoms with E-state index >= 15 is 0 Å². The molecule has 0 aliphatic rings. The Morgan fingerprint density at radius 1 is 1.19 bits per heavy atom. The Balaban J connectivity index is 0.00000210. The Bertz CT molecular complexity index is 1110. The fourth-order valence-corrected chi connectivity index (χ4v) is 3.82. The summed E-state index contributed by atoms with van der Waals surface area (Å²) in [6.45, 7) is 6.41. The van der Waals surface area contributed by atoms with Gasteiger partial charge in [0.25, 0.3) is 0 Å². The van der Waals surface area contributed by atoms with E-state index in [0.29, 0.717) is 0 Å². The van der Waals surface area contributed by atoms with E-state index in [1.54, 1.807) is 40.6 Å². The second-order valence-electron chi connectivity index (χ2n) is 6.78. The Hall–Kier alpha value is -2.40. The van der Waals surface area contributed by atoms with Crippen molar-refractivity contribution < 1.29 is 0 Å². The third kappa shape index (κ3) is 4.30. The zero-order valence-electron chi connectivity index (χ0n) is 15.1. The molecular formula is C19H18ClN5S2. The number of imidazole rings is 1. The molecular weight excluding hydrogens is 398 g/mol. The number of fused-ring (bicyclic) bond motifs is 1. The van der Waals surface area contributed by atoms with E-state index < -0.39 is 0 Å². The van der Waals surface area contributed by atoms with Crippen LogP contribution >= 0.6 is 35.1 Å². The lowest BCUT2D eigenvalue weighted by Gasteiger charge is -2.22. The molecule has 0 unspecified atom stereocenters. The van der Waals surface area contributed by atoms with Crippen LogP contribution in [0.25, 0.3) is 16.2 Å². The van der Waals surface area contributed by atoms with Gasteiger partial charge in [-0.2, -0.15) is 0 Å². The number of rotatable bonds is 2. The van der Waals surface area contributed by atoms with Gasteiger partial charge in [0.05, 0.1) is 21.5 Å². The van der Waals surface area contributed by atoms with Gasteiger partial charge < -0.3 is 5.32 Å². The molecule has 4 aromatic heterocycles. The van der Waals surface area contributed by atoms with Crippen molar-refractivity contribution in [3.05, 3.63) is 52.2 Å². The van der Waals surface area contributed by atoms with Crippen LogP contribution in [0.15, 0.2) is 41.6 Å². The van der Waals surface area contributed by atoms with Crippen molar-refractivity contribution >= 4 is 46.5 Å². The SMILES string of the molecule is CC(C)(C)Nc1c(-c2ccc(C#Cc3cscn3)s2)nc2cnccn12.Cl. The number of thiazole rings is 1. The fraction of sp³-hybridized carbons (Fsp3) is 0.211. The molecule has 5 nitrogen and oxygen atoms in total. The zero-order chi connectivity index (χ0) is 18.1. The van der Waals surface area contributed by atoms with Crippen LogP contribution < -0.4 is 5.32 Å². The Morgan fingerprint density at radius 3 is 2.78 bits per heavy atom. The number of halogens is 1. The minimum atomic E-state index is -0.0848. The molecule has 0 aromatic carbocycles.